The van der Waals surface area contributed by atoms with Crippen LogP contribution in [0.15, 0.2) is 48.8 Å². The van der Waals surface area contributed by atoms with Crippen LogP contribution >= 0.6 is 11.6 Å². The van der Waals surface area contributed by atoms with Crippen molar-refractivity contribution >= 4 is 34.2 Å². The van der Waals surface area contributed by atoms with Gasteiger partial charge in [-0.1, -0.05) is 23.7 Å². The predicted octanol–water partition coefficient (Wildman–Crippen LogP) is 2.93. The first-order chi connectivity index (χ1) is 9.72. The lowest BCUT2D eigenvalue weighted by Crippen LogP contribution is -2.14. The van der Waals surface area contributed by atoms with E-state index >= 15 is 0 Å². The molecule has 0 bridgehead atoms. The Morgan fingerprint density at radius 3 is 2.70 bits per heavy atom. The molecule has 0 unspecified atom stereocenters. The van der Waals surface area contributed by atoms with E-state index in [0.29, 0.717) is 16.4 Å². The van der Waals surface area contributed by atoms with Crippen molar-refractivity contribution < 1.29 is 4.79 Å². The number of benzene rings is 1. The standard InChI is InChI=1S/C14H9ClN4O/c15-13-7-9(5-6-16-13)18-14(20)12-8-17-10-3-1-2-4-11(10)19-12/h1-8H,(H,16,18,20). The Morgan fingerprint density at radius 1 is 1.10 bits per heavy atom. The van der Waals surface area contributed by atoms with E-state index in [1.54, 1.807) is 12.1 Å². The number of nitrogens with one attached hydrogen (secondary N) is 1. The predicted molar refractivity (Wildman–Crippen MR) is 76.7 cm³/mol. The molecule has 0 aliphatic carbocycles. The summed E-state index contributed by atoms with van der Waals surface area (Å²) in [5, 5.41) is 3.01. The molecule has 5 nitrogen and oxygen atoms in total. The van der Waals surface area contributed by atoms with Crippen molar-refractivity contribution in [2.24, 2.45) is 0 Å². The average Bonchev–Trinajstić information content (AvgIpc) is 2.47. The van der Waals surface area contributed by atoms with E-state index in [4.69, 9.17) is 11.6 Å². The summed E-state index contributed by atoms with van der Waals surface area (Å²) in [4.78, 5) is 24.4. The van der Waals surface area contributed by atoms with Crippen LogP contribution in [-0.2, 0) is 0 Å². The van der Waals surface area contributed by atoms with Crippen molar-refractivity contribution in [2.75, 3.05) is 5.32 Å². The molecule has 2 aromatic heterocycles. The highest BCUT2D eigenvalue weighted by molar-refractivity contribution is 6.29. The number of fused-ring (bicyclic) bond motifs is 1. The normalized spacial score (nSPS) is 10.4. The van der Waals surface area contributed by atoms with E-state index in [9.17, 15) is 4.79 Å². The van der Waals surface area contributed by atoms with Gasteiger partial charge in [0.1, 0.15) is 10.8 Å². The van der Waals surface area contributed by atoms with Crippen molar-refractivity contribution in [3.8, 4) is 0 Å². The number of carbonyl (C=O) groups excluding carboxylic acids is 1. The van der Waals surface area contributed by atoms with Crippen molar-refractivity contribution in [3.05, 3.63) is 59.6 Å². The van der Waals surface area contributed by atoms with Crippen LogP contribution in [0.25, 0.3) is 11.0 Å². The number of anilines is 1. The van der Waals surface area contributed by atoms with E-state index in [0.717, 1.165) is 5.52 Å². The van der Waals surface area contributed by atoms with Crippen LogP contribution in [0.1, 0.15) is 10.5 Å². The lowest BCUT2D eigenvalue weighted by Gasteiger charge is -2.05. The molecule has 0 spiro atoms. The molecule has 20 heavy (non-hydrogen) atoms. The van der Waals surface area contributed by atoms with Crippen LogP contribution < -0.4 is 5.32 Å². The molecule has 1 N–H and O–H groups in total. The number of carbonyl (C=O) groups is 1. The van der Waals surface area contributed by atoms with Gasteiger partial charge in [-0.15, -0.1) is 0 Å². The van der Waals surface area contributed by atoms with Gasteiger partial charge in [0.2, 0.25) is 0 Å². The fourth-order valence-corrected chi connectivity index (χ4v) is 1.92. The van der Waals surface area contributed by atoms with Gasteiger partial charge in [0.05, 0.1) is 17.2 Å². The van der Waals surface area contributed by atoms with Crippen molar-refractivity contribution in [3.63, 3.8) is 0 Å². The maximum atomic E-state index is 12.1. The Labute approximate surface area is 119 Å². The molecule has 0 saturated heterocycles. The van der Waals surface area contributed by atoms with Crippen LogP contribution in [0.3, 0.4) is 0 Å². The summed E-state index contributed by atoms with van der Waals surface area (Å²) < 4.78 is 0. The van der Waals surface area contributed by atoms with E-state index in [1.165, 1.54) is 12.4 Å². The van der Waals surface area contributed by atoms with Gasteiger partial charge in [0.25, 0.3) is 5.91 Å². The summed E-state index contributed by atoms with van der Waals surface area (Å²) in [7, 11) is 0. The second-order valence-corrected chi connectivity index (χ2v) is 4.45. The largest absolute Gasteiger partial charge is 0.320 e. The molecule has 3 aromatic rings. The Bertz CT molecular complexity index is 791. The molecule has 0 aliphatic rings. The number of hydrogen-bond acceptors (Lipinski definition) is 4. The Kier molecular flexibility index (Phi) is 3.26. The molecule has 3 rings (SSSR count). The van der Waals surface area contributed by atoms with Gasteiger partial charge < -0.3 is 5.32 Å². The number of rotatable bonds is 2. The summed E-state index contributed by atoms with van der Waals surface area (Å²) in [5.74, 6) is -0.342. The fraction of sp³-hybridized carbons (Fsp3) is 0. The summed E-state index contributed by atoms with van der Waals surface area (Å²) in [6.45, 7) is 0. The van der Waals surface area contributed by atoms with Crippen LogP contribution in [0.5, 0.6) is 0 Å². The Hall–Kier alpha value is -2.53. The summed E-state index contributed by atoms with van der Waals surface area (Å²) >= 11 is 5.76. The van der Waals surface area contributed by atoms with Crippen molar-refractivity contribution in [2.45, 2.75) is 0 Å². The minimum absolute atomic E-state index is 0.247. The molecule has 0 radical (unpaired) electrons. The minimum Gasteiger partial charge on any atom is -0.320 e. The zero-order valence-corrected chi connectivity index (χ0v) is 11.0. The Morgan fingerprint density at radius 2 is 1.90 bits per heavy atom. The second kappa shape index (κ2) is 5.22. The number of para-hydroxylation sites is 2. The topological polar surface area (TPSA) is 67.8 Å². The van der Waals surface area contributed by atoms with Crippen LogP contribution in [0, 0.1) is 0 Å². The molecular formula is C14H9ClN4O. The van der Waals surface area contributed by atoms with Crippen LogP contribution in [-0.4, -0.2) is 20.9 Å². The maximum absolute atomic E-state index is 12.1. The SMILES string of the molecule is O=C(Nc1ccnc(Cl)c1)c1cnc2ccccc2n1. The third-order valence-corrected chi connectivity index (χ3v) is 2.87. The maximum Gasteiger partial charge on any atom is 0.275 e. The first-order valence-electron chi connectivity index (χ1n) is 5.87. The summed E-state index contributed by atoms with van der Waals surface area (Å²) in [6.07, 6.45) is 2.96. The molecule has 6 heteroatoms. The van der Waals surface area contributed by atoms with Crippen LogP contribution in [0.4, 0.5) is 5.69 Å². The molecule has 0 fully saturated rings. The number of amides is 1. The lowest BCUT2D eigenvalue weighted by atomic mass is 10.3. The van der Waals surface area contributed by atoms with Crippen molar-refractivity contribution in [1.82, 2.24) is 15.0 Å². The summed E-state index contributed by atoms with van der Waals surface area (Å²) in [6, 6.07) is 10.6. The van der Waals surface area contributed by atoms with Gasteiger partial charge in [-0.25, -0.2) is 9.97 Å². The Balaban J connectivity index is 1.88. The van der Waals surface area contributed by atoms with E-state index < -0.39 is 0 Å². The molecule has 2 heterocycles. The molecule has 1 amide bonds. The highest BCUT2D eigenvalue weighted by Gasteiger charge is 2.09. The average molecular weight is 285 g/mol. The number of aromatic nitrogens is 3. The highest BCUT2D eigenvalue weighted by atomic mass is 35.5. The van der Waals surface area contributed by atoms with Gasteiger partial charge in [0, 0.05) is 11.9 Å². The fourth-order valence-electron chi connectivity index (χ4n) is 1.74. The molecule has 98 valence electrons. The molecule has 0 saturated carbocycles. The highest BCUT2D eigenvalue weighted by Crippen LogP contribution is 2.14. The molecule has 1 aromatic carbocycles. The first-order valence-corrected chi connectivity index (χ1v) is 6.25. The summed E-state index contributed by atoms with van der Waals surface area (Å²) in [5.41, 5.74) is 2.23. The van der Waals surface area contributed by atoms with E-state index in [2.05, 4.69) is 20.3 Å². The van der Waals surface area contributed by atoms with Gasteiger partial charge in [-0.3, -0.25) is 9.78 Å². The van der Waals surface area contributed by atoms with E-state index in [1.807, 2.05) is 24.3 Å². The van der Waals surface area contributed by atoms with Gasteiger partial charge in [0.15, 0.2) is 0 Å². The van der Waals surface area contributed by atoms with Gasteiger partial charge in [-0.2, -0.15) is 0 Å². The second-order valence-electron chi connectivity index (χ2n) is 4.07. The quantitative estimate of drug-likeness (QED) is 0.735. The first kappa shape index (κ1) is 12.5. The molecular weight excluding hydrogens is 276 g/mol. The molecule has 0 aliphatic heterocycles. The number of nitrogens with zero attached hydrogens (tertiary/aromatic N) is 3. The zero-order chi connectivity index (χ0) is 13.9. The smallest absolute Gasteiger partial charge is 0.275 e. The lowest BCUT2D eigenvalue weighted by molar-refractivity contribution is 0.102. The van der Waals surface area contributed by atoms with E-state index in [-0.39, 0.29) is 11.6 Å². The van der Waals surface area contributed by atoms with Gasteiger partial charge >= 0.3 is 0 Å². The third-order valence-electron chi connectivity index (χ3n) is 2.67. The monoisotopic (exact) mass is 284 g/mol. The zero-order valence-electron chi connectivity index (χ0n) is 10.2. The molecule has 0 atom stereocenters. The van der Waals surface area contributed by atoms with Crippen molar-refractivity contribution in [1.29, 1.82) is 0 Å². The minimum atomic E-state index is -0.342. The number of pyridine rings is 1. The third kappa shape index (κ3) is 2.57. The number of hydrogen-bond donors (Lipinski definition) is 1. The number of halogens is 1. The van der Waals surface area contributed by atoms with Crippen LogP contribution in [0.2, 0.25) is 5.15 Å². The van der Waals surface area contributed by atoms with Gasteiger partial charge in [-0.05, 0) is 24.3 Å².